The molecule has 1 aromatic rings. The first-order chi connectivity index (χ1) is 10.3. The molecule has 1 aliphatic rings. The Morgan fingerprint density at radius 3 is 2.86 bits per heavy atom. The molecule has 10 heteroatoms. The lowest BCUT2D eigenvalue weighted by Gasteiger charge is -2.23. The molecule has 0 aromatic carbocycles. The zero-order valence-electron chi connectivity index (χ0n) is 11.9. The van der Waals surface area contributed by atoms with Crippen molar-refractivity contribution in [3.05, 3.63) is 11.6 Å². The van der Waals surface area contributed by atoms with Crippen LogP contribution < -0.4 is 0 Å². The van der Waals surface area contributed by atoms with Crippen LogP contribution in [-0.2, 0) is 9.53 Å². The fourth-order valence-electron chi connectivity index (χ4n) is 2.26. The fraction of sp³-hybridized carbons (Fsp3) is 0.750. The summed E-state index contributed by atoms with van der Waals surface area (Å²) < 4.78 is 53.8. The number of aryl methyl sites for hydroxylation is 1. The number of alkyl halides is 4. The number of nitrogens with one attached hydrogen (secondary N) is 1. The highest BCUT2D eigenvalue weighted by atomic mass is 19.3. The first-order valence-electron chi connectivity index (χ1n) is 6.73. The minimum Gasteiger partial charge on any atom is -0.365 e. The van der Waals surface area contributed by atoms with Gasteiger partial charge in [0.05, 0.1) is 6.04 Å². The van der Waals surface area contributed by atoms with Crippen LogP contribution in [0.2, 0.25) is 0 Å². The van der Waals surface area contributed by atoms with Crippen molar-refractivity contribution in [3.63, 3.8) is 0 Å². The number of halogens is 4. The van der Waals surface area contributed by atoms with Gasteiger partial charge in [-0.25, -0.2) is 13.8 Å². The lowest BCUT2D eigenvalue weighted by molar-refractivity contribution is -0.171. The summed E-state index contributed by atoms with van der Waals surface area (Å²) in [6.45, 7) is -0.0320. The van der Waals surface area contributed by atoms with E-state index in [9.17, 15) is 22.4 Å². The third-order valence-corrected chi connectivity index (χ3v) is 3.33. The van der Waals surface area contributed by atoms with E-state index in [1.54, 1.807) is 6.92 Å². The number of carbonyl (C=O) groups excluding carboxylic acids is 1. The number of aromatic amines is 1. The Bertz CT molecular complexity index is 523. The molecule has 1 aromatic heterocycles. The number of amides is 1. The normalized spacial score (nSPS) is 19.2. The second kappa shape index (κ2) is 6.59. The van der Waals surface area contributed by atoms with Crippen LogP contribution in [0.5, 0.6) is 0 Å². The van der Waals surface area contributed by atoms with Crippen molar-refractivity contribution >= 4 is 5.91 Å². The molecule has 6 nitrogen and oxygen atoms in total. The molecule has 0 aliphatic carbocycles. The van der Waals surface area contributed by atoms with Gasteiger partial charge >= 0.3 is 12.3 Å². The van der Waals surface area contributed by atoms with Gasteiger partial charge in [0.2, 0.25) is 5.91 Å². The van der Waals surface area contributed by atoms with Crippen LogP contribution in [-0.4, -0.2) is 58.1 Å². The summed E-state index contributed by atoms with van der Waals surface area (Å²) in [5.41, 5.74) is 0. The van der Waals surface area contributed by atoms with Gasteiger partial charge < -0.3 is 9.64 Å². The van der Waals surface area contributed by atoms with Crippen molar-refractivity contribution in [1.29, 1.82) is 0 Å². The SMILES string of the molecule is Cc1nc(C2CCCN2C(=O)COCC(F)(F)C(F)F)n[nH]1. The predicted octanol–water partition coefficient (Wildman–Crippen LogP) is 1.69. The maximum Gasteiger partial charge on any atom is 0.330 e. The highest BCUT2D eigenvalue weighted by Gasteiger charge is 2.41. The van der Waals surface area contributed by atoms with Gasteiger partial charge in [-0.3, -0.25) is 9.89 Å². The maximum absolute atomic E-state index is 12.7. The van der Waals surface area contributed by atoms with Crippen LogP contribution in [0.15, 0.2) is 0 Å². The quantitative estimate of drug-likeness (QED) is 0.809. The Kier molecular flexibility index (Phi) is 4.99. The number of ether oxygens (including phenoxy) is 1. The Morgan fingerprint density at radius 2 is 2.27 bits per heavy atom. The van der Waals surface area contributed by atoms with Gasteiger partial charge in [-0.15, -0.1) is 0 Å². The Balaban J connectivity index is 1.89. The predicted molar refractivity (Wildman–Crippen MR) is 66.6 cm³/mol. The number of hydrogen-bond acceptors (Lipinski definition) is 4. The van der Waals surface area contributed by atoms with Crippen LogP contribution >= 0.6 is 0 Å². The summed E-state index contributed by atoms with van der Waals surface area (Å²) in [6, 6.07) is -0.350. The van der Waals surface area contributed by atoms with Crippen molar-refractivity contribution in [3.8, 4) is 0 Å². The summed E-state index contributed by atoms with van der Waals surface area (Å²) in [7, 11) is 0. The molecule has 0 bridgehead atoms. The molecule has 1 N–H and O–H groups in total. The van der Waals surface area contributed by atoms with E-state index in [0.717, 1.165) is 6.42 Å². The van der Waals surface area contributed by atoms with Crippen molar-refractivity contribution in [2.45, 2.75) is 38.2 Å². The largest absolute Gasteiger partial charge is 0.365 e. The van der Waals surface area contributed by atoms with Crippen molar-refractivity contribution in [1.82, 2.24) is 20.1 Å². The van der Waals surface area contributed by atoms with E-state index in [4.69, 9.17) is 0 Å². The van der Waals surface area contributed by atoms with E-state index in [0.29, 0.717) is 24.6 Å². The van der Waals surface area contributed by atoms with E-state index in [1.165, 1.54) is 4.90 Å². The number of hydrogen-bond donors (Lipinski definition) is 1. The van der Waals surface area contributed by atoms with Crippen LogP contribution in [0.1, 0.15) is 30.5 Å². The molecule has 0 spiro atoms. The monoisotopic (exact) mass is 324 g/mol. The third-order valence-electron chi connectivity index (χ3n) is 3.33. The number of nitrogens with zero attached hydrogens (tertiary/aromatic N) is 3. The van der Waals surface area contributed by atoms with Gasteiger partial charge in [0.25, 0.3) is 0 Å². The zero-order chi connectivity index (χ0) is 16.3. The Morgan fingerprint density at radius 1 is 1.55 bits per heavy atom. The number of H-pyrrole nitrogens is 1. The van der Waals surface area contributed by atoms with Crippen LogP contribution in [0.4, 0.5) is 17.6 Å². The van der Waals surface area contributed by atoms with Gasteiger partial charge in [-0.1, -0.05) is 0 Å². The summed E-state index contributed by atoms with van der Waals surface area (Å²) in [6.07, 6.45) is -2.45. The van der Waals surface area contributed by atoms with Crippen LogP contribution in [0, 0.1) is 6.92 Å². The van der Waals surface area contributed by atoms with Crippen molar-refractivity contribution in [2.75, 3.05) is 19.8 Å². The Labute approximate surface area is 123 Å². The van der Waals surface area contributed by atoms with Gasteiger partial charge in [-0.05, 0) is 19.8 Å². The fourth-order valence-corrected chi connectivity index (χ4v) is 2.26. The second-order valence-electron chi connectivity index (χ2n) is 5.08. The van der Waals surface area contributed by atoms with E-state index in [2.05, 4.69) is 19.9 Å². The van der Waals surface area contributed by atoms with Gasteiger partial charge in [0.1, 0.15) is 19.0 Å². The summed E-state index contributed by atoms with van der Waals surface area (Å²) in [5, 5.41) is 6.65. The van der Waals surface area contributed by atoms with E-state index in [-0.39, 0.29) is 6.04 Å². The summed E-state index contributed by atoms with van der Waals surface area (Å²) in [5.74, 6) is -3.76. The lowest BCUT2D eigenvalue weighted by Crippen LogP contribution is -2.37. The van der Waals surface area contributed by atoms with Gasteiger partial charge in [-0.2, -0.15) is 13.9 Å². The Hall–Kier alpha value is -1.71. The van der Waals surface area contributed by atoms with Crippen LogP contribution in [0.3, 0.4) is 0 Å². The molecule has 1 saturated heterocycles. The molecule has 2 rings (SSSR count). The molecule has 1 unspecified atom stereocenters. The first kappa shape index (κ1) is 16.7. The van der Waals surface area contributed by atoms with Crippen molar-refractivity contribution in [2.24, 2.45) is 0 Å². The molecule has 1 aliphatic heterocycles. The van der Waals surface area contributed by atoms with E-state index >= 15 is 0 Å². The molecular weight excluding hydrogens is 308 g/mol. The smallest absolute Gasteiger partial charge is 0.330 e. The molecule has 22 heavy (non-hydrogen) atoms. The van der Waals surface area contributed by atoms with Gasteiger partial charge in [0.15, 0.2) is 5.82 Å². The average molecular weight is 324 g/mol. The molecule has 0 radical (unpaired) electrons. The molecule has 0 saturated carbocycles. The number of carbonyl (C=O) groups is 1. The number of rotatable bonds is 6. The molecule has 1 amide bonds. The van der Waals surface area contributed by atoms with E-state index in [1.807, 2.05) is 0 Å². The topological polar surface area (TPSA) is 71.1 Å². The second-order valence-corrected chi connectivity index (χ2v) is 5.08. The molecule has 1 fully saturated rings. The molecule has 1 atom stereocenters. The standard InChI is InChI=1S/C12H16F4N4O2/c1-7-17-10(19-18-7)8-3-2-4-20(8)9(21)5-22-6-12(15,16)11(13)14/h8,11H,2-6H2,1H3,(H,17,18,19). The van der Waals surface area contributed by atoms with Crippen molar-refractivity contribution < 1.29 is 27.1 Å². The molecular formula is C12H16F4N4O2. The van der Waals surface area contributed by atoms with E-state index < -0.39 is 31.5 Å². The third kappa shape index (κ3) is 3.73. The summed E-state index contributed by atoms with van der Waals surface area (Å²) in [4.78, 5) is 17.6. The molecule has 2 heterocycles. The maximum atomic E-state index is 12.7. The first-order valence-corrected chi connectivity index (χ1v) is 6.73. The number of likely N-dealkylation sites (tertiary alicyclic amines) is 1. The lowest BCUT2D eigenvalue weighted by atomic mass is 10.2. The zero-order valence-corrected chi connectivity index (χ0v) is 11.9. The minimum atomic E-state index is -4.26. The minimum absolute atomic E-state index is 0.350. The summed E-state index contributed by atoms with van der Waals surface area (Å²) >= 11 is 0. The van der Waals surface area contributed by atoms with Crippen LogP contribution in [0.25, 0.3) is 0 Å². The highest BCUT2D eigenvalue weighted by molar-refractivity contribution is 5.78. The average Bonchev–Trinajstić information content (AvgIpc) is 3.06. The van der Waals surface area contributed by atoms with Gasteiger partial charge in [0, 0.05) is 6.54 Å². The molecule has 124 valence electrons. The highest BCUT2D eigenvalue weighted by Crippen LogP contribution is 2.30. The number of aromatic nitrogens is 3.